The monoisotopic (exact) mass is 374 g/mol. The number of H-pyrrole nitrogens is 1. The first kappa shape index (κ1) is 17.5. The largest absolute Gasteiger partial charge is 0.431 e. The maximum absolute atomic E-state index is 12.3. The summed E-state index contributed by atoms with van der Waals surface area (Å²) in [5.41, 5.74) is 2.79. The predicted octanol–water partition coefficient (Wildman–Crippen LogP) is 3.38. The number of rotatable bonds is 6. The molecule has 0 fully saturated rings. The maximum Gasteiger partial charge on any atom is 0.302 e. The van der Waals surface area contributed by atoms with Crippen LogP contribution in [-0.2, 0) is 6.42 Å². The normalized spacial score (nSPS) is 10.7. The van der Waals surface area contributed by atoms with Crippen LogP contribution in [0.2, 0.25) is 0 Å². The summed E-state index contributed by atoms with van der Waals surface area (Å²) in [6.07, 6.45) is 3.86. The number of oxazole rings is 1. The third-order valence-electron chi connectivity index (χ3n) is 4.35. The van der Waals surface area contributed by atoms with Crippen LogP contribution in [0.1, 0.15) is 26.4 Å². The number of amides is 2. The van der Waals surface area contributed by atoms with E-state index < -0.39 is 0 Å². The lowest BCUT2D eigenvalue weighted by Gasteiger charge is -2.02. The van der Waals surface area contributed by atoms with Gasteiger partial charge >= 0.3 is 6.01 Å². The topological polar surface area (TPSA) is 100 Å². The SMILES string of the molecule is O=C(Nc1nc(C(=O)NCCc2c[nH]c3ccccc23)co1)c1ccccc1. The van der Waals surface area contributed by atoms with Crippen LogP contribution >= 0.6 is 0 Å². The lowest BCUT2D eigenvalue weighted by atomic mass is 10.1. The van der Waals surface area contributed by atoms with Crippen LogP contribution in [0, 0.1) is 0 Å². The Morgan fingerprint density at radius 1 is 1.00 bits per heavy atom. The number of carbonyl (C=O) groups excluding carboxylic acids is 2. The summed E-state index contributed by atoms with van der Waals surface area (Å²) in [4.78, 5) is 31.6. The summed E-state index contributed by atoms with van der Waals surface area (Å²) in [5.74, 6) is -0.711. The molecule has 3 N–H and O–H groups in total. The Morgan fingerprint density at radius 3 is 2.64 bits per heavy atom. The van der Waals surface area contributed by atoms with E-state index in [9.17, 15) is 9.59 Å². The van der Waals surface area contributed by atoms with Crippen LogP contribution in [0.15, 0.2) is 71.5 Å². The van der Waals surface area contributed by atoms with E-state index in [1.54, 1.807) is 24.3 Å². The van der Waals surface area contributed by atoms with Gasteiger partial charge in [0, 0.05) is 29.2 Å². The average molecular weight is 374 g/mol. The second kappa shape index (κ2) is 7.79. The second-order valence-corrected chi connectivity index (χ2v) is 6.22. The molecule has 0 unspecified atom stereocenters. The van der Waals surface area contributed by atoms with Gasteiger partial charge in [0.05, 0.1) is 0 Å². The van der Waals surface area contributed by atoms with Crippen molar-refractivity contribution in [2.75, 3.05) is 11.9 Å². The zero-order valence-electron chi connectivity index (χ0n) is 14.9. The number of nitrogens with zero attached hydrogens (tertiary/aromatic N) is 1. The molecule has 4 rings (SSSR count). The second-order valence-electron chi connectivity index (χ2n) is 6.22. The summed E-state index contributed by atoms with van der Waals surface area (Å²) >= 11 is 0. The third-order valence-corrected chi connectivity index (χ3v) is 4.35. The summed E-state index contributed by atoms with van der Waals surface area (Å²) in [6, 6.07) is 16.7. The van der Waals surface area contributed by atoms with E-state index in [0.717, 1.165) is 16.5 Å². The first-order valence-corrected chi connectivity index (χ1v) is 8.86. The Labute approximate surface area is 160 Å². The van der Waals surface area contributed by atoms with Gasteiger partial charge in [-0.25, -0.2) is 0 Å². The fourth-order valence-electron chi connectivity index (χ4n) is 2.93. The van der Waals surface area contributed by atoms with Crippen molar-refractivity contribution in [3.63, 3.8) is 0 Å². The molecule has 0 saturated carbocycles. The lowest BCUT2D eigenvalue weighted by molar-refractivity contribution is 0.0948. The summed E-state index contributed by atoms with van der Waals surface area (Å²) in [5, 5.41) is 6.49. The quantitative estimate of drug-likeness (QED) is 0.482. The Kier molecular flexibility index (Phi) is 4.88. The Bertz CT molecular complexity index is 1110. The molecule has 0 spiro atoms. The number of fused-ring (bicyclic) bond motifs is 1. The van der Waals surface area contributed by atoms with Gasteiger partial charge in [0.25, 0.3) is 11.8 Å². The van der Waals surface area contributed by atoms with Gasteiger partial charge < -0.3 is 14.7 Å². The van der Waals surface area contributed by atoms with Gasteiger partial charge in [0.1, 0.15) is 6.26 Å². The minimum Gasteiger partial charge on any atom is -0.431 e. The predicted molar refractivity (Wildman–Crippen MR) is 105 cm³/mol. The number of aromatic nitrogens is 2. The zero-order valence-corrected chi connectivity index (χ0v) is 14.9. The molecule has 28 heavy (non-hydrogen) atoms. The molecule has 0 aliphatic rings. The highest BCUT2D eigenvalue weighted by Gasteiger charge is 2.14. The van der Waals surface area contributed by atoms with Gasteiger partial charge in [-0.05, 0) is 30.2 Å². The van der Waals surface area contributed by atoms with E-state index in [-0.39, 0.29) is 23.5 Å². The van der Waals surface area contributed by atoms with E-state index in [4.69, 9.17) is 4.42 Å². The number of nitrogens with one attached hydrogen (secondary N) is 3. The summed E-state index contributed by atoms with van der Waals surface area (Å²) in [7, 11) is 0. The first-order valence-electron chi connectivity index (χ1n) is 8.86. The Balaban J connectivity index is 1.32. The number of hydrogen-bond acceptors (Lipinski definition) is 4. The number of benzene rings is 2. The lowest BCUT2D eigenvalue weighted by Crippen LogP contribution is -2.26. The van der Waals surface area contributed by atoms with Gasteiger partial charge in [-0.2, -0.15) is 4.98 Å². The Morgan fingerprint density at radius 2 is 1.79 bits per heavy atom. The van der Waals surface area contributed by atoms with Gasteiger partial charge in [0.2, 0.25) is 0 Å². The maximum atomic E-state index is 12.3. The highest BCUT2D eigenvalue weighted by molar-refractivity contribution is 6.03. The van der Waals surface area contributed by atoms with Crippen molar-refractivity contribution in [1.82, 2.24) is 15.3 Å². The fraction of sp³-hybridized carbons (Fsp3) is 0.0952. The third kappa shape index (κ3) is 3.78. The van der Waals surface area contributed by atoms with E-state index in [1.807, 2.05) is 36.5 Å². The van der Waals surface area contributed by atoms with Crippen molar-refractivity contribution in [1.29, 1.82) is 0 Å². The van der Waals surface area contributed by atoms with Crippen molar-refractivity contribution in [2.45, 2.75) is 6.42 Å². The molecule has 0 aliphatic carbocycles. The molecule has 0 bridgehead atoms. The van der Waals surface area contributed by atoms with E-state index in [1.165, 1.54) is 6.26 Å². The van der Waals surface area contributed by atoms with Crippen molar-refractivity contribution < 1.29 is 14.0 Å². The zero-order chi connectivity index (χ0) is 19.3. The molecule has 4 aromatic rings. The molecule has 140 valence electrons. The van der Waals surface area contributed by atoms with Crippen LogP contribution in [0.5, 0.6) is 0 Å². The number of anilines is 1. The number of carbonyl (C=O) groups is 2. The fourth-order valence-corrected chi connectivity index (χ4v) is 2.93. The molecular weight excluding hydrogens is 356 g/mol. The number of para-hydroxylation sites is 1. The van der Waals surface area contributed by atoms with Crippen LogP contribution in [0.25, 0.3) is 10.9 Å². The number of aromatic amines is 1. The first-order chi connectivity index (χ1) is 13.7. The van der Waals surface area contributed by atoms with Crippen LogP contribution in [-0.4, -0.2) is 28.3 Å². The smallest absolute Gasteiger partial charge is 0.302 e. The van der Waals surface area contributed by atoms with Gasteiger partial charge in [-0.15, -0.1) is 0 Å². The standard InChI is InChI=1S/C21H18N4O3/c26-19(14-6-2-1-3-7-14)25-21-24-18(13-28-21)20(27)22-11-10-15-12-23-17-9-5-4-8-16(15)17/h1-9,12-13,23H,10-11H2,(H,22,27)(H,24,25,26). The Hall–Kier alpha value is -3.87. The van der Waals surface area contributed by atoms with E-state index >= 15 is 0 Å². The van der Waals surface area contributed by atoms with Gasteiger partial charge in [-0.3, -0.25) is 14.9 Å². The van der Waals surface area contributed by atoms with Gasteiger partial charge in [-0.1, -0.05) is 36.4 Å². The van der Waals surface area contributed by atoms with Crippen LogP contribution in [0.3, 0.4) is 0 Å². The average Bonchev–Trinajstić information content (AvgIpc) is 3.36. The highest BCUT2D eigenvalue weighted by atomic mass is 16.4. The summed E-state index contributed by atoms with van der Waals surface area (Å²) in [6.45, 7) is 0.458. The molecule has 2 aromatic carbocycles. The molecule has 7 nitrogen and oxygen atoms in total. The van der Waals surface area contributed by atoms with Crippen molar-refractivity contribution in [3.05, 3.63) is 83.9 Å². The highest BCUT2D eigenvalue weighted by Crippen LogP contribution is 2.17. The van der Waals surface area contributed by atoms with Crippen molar-refractivity contribution in [2.24, 2.45) is 0 Å². The molecule has 2 amide bonds. The van der Waals surface area contributed by atoms with Crippen molar-refractivity contribution in [3.8, 4) is 0 Å². The molecular formula is C21H18N4O3. The van der Waals surface area contributed by atoms with Crippen molar-refractivity contribution >= 4 is 28.7 Å². The minimum absolute atomic E-state index is 0.0179. The molecule has 2 heterocycles. The molecule has 0 radical (unpaired) electrons. The van der Waals surface area contributed by atoms with Crippen LogP contribution in [0.4, 0.5) is 6.01 Å². The number of hydrogen-bond donors (Lipinski definition) is 3. The van der Waals surface area contributed by atoms with E-state index in [2.05, 4.69) is 20.6 Å². The molecule has 2 aromatic heterocycles. The van der Waals surface area contributed by atoms with Crippen LogP contribution < -0.4 is 10.6 Å². The van der Waals surface area contributed by atoms with Gasteiger partial charge in [0.15, 0.2) is 5.69 Å². The van der Waals surface area contributed by atoms with E-state index in [0.29, 0.717) is 18.5 Å². The minimum atomic E-state index is -0.358. The molecule has 7 heteroatoms. The summed E-state index contributed by atoms with van der Waals surface area (Å²) < 4.78 is 5.18. The molecule has 0 aliphatic heterocycles. The molecule has 0 atom stereocenters. The molecule has 0 saturated heterocycles.